The van der Waals surface area contributed by atoms with Crippen LogP contribution in [0.25, 0.3) is 10.9 Å². The zero-order chi connectivity index (χ0) is 18.1. The molecule has 5 nitrogen and oxygen atoms in total. The van der Waals surface area contributed by atoms with Gasteiger partial charge in [0.15, 0.2) is 0 Å². The molecule has 1 aromatic carbocycles. The van der Waals surface area contributed by atoms with E-state index in [4.69, 9.17) is 0 Å². The van der Waals surface area contributed by atoms with E-state index >= 15 is 0 Å². The van der Waals surface area contributed by atoms with Crippen LogP contribution in [0.3, 0.4) is 0 Å². The number of benzene rings is 1. The molecule has 1 N–H and O–H groups in total. The fraction of sp³-hybridized carbons (Fsp3) is 0.500. The van der Waals surface area contributed by atoms with Crippen LogP contribution in [0.2, 0.25) is 0 Å². The summed E-state index contributed by atoms with van der Waals surface area (Å²) in [4.78, 5) is 15.9. The van der Waals surface area contributed by atoms with Gasteiger partial charge in [0.25, 0.3) is 5.91 Å². The van der Waals surface area contributed by atoms with Crippen LogP contribution in [-0.4, -0.2) is 39.4 Å². The number of hydrogen-bond donors (Lipinski definition) is 1. The van der Waals surface area contributed by atoms with E-state index in [1.54, 1.807) is 0 Å². The lowest BCUT2D eigenvalue weighted by molar-refractivity contribution is 0.00376. The quantitative estimate of drug-likeness (QED) is 0.500. The molecule has 5 rings (SSSR count). The second-order valence-corrected chi connectivity index (χ2v) is 8.81. The van der Waals surface area contributed by atoms with Crippen molar-refractivity contribution < 1.29 is 10.0 Å². The molecule has 0 amide bonds. The average molecular weight is 453 g/mol. The third-order valence-corrected chi connectivity index (χ3v) is 7.34. The maximum Gasteiger partial charge on any atom is 0.280 e. The van der Waals surface area contributed by atoms with Crippen LogP contribution in [0.1, 0.15) is 54.7 Å². The molecular weight excluding hydrogens is 430 g/mol. The Kier molecular flexibility index (Phi) is 4.64. The molecule has 1 fully saturated rings. The number of fused-ring (bicyclic) bond motifs is 3. The maximum absolute atomic E-state index is 13.4. The number of oxime groups is 1. The lowest BCUT2D eigenvalue weighted by atomic mass is 9.66. The van der Waals surface area contributed by atoms with Crippen molar-refractivity contribution in [3.05, 3.63) is 33.9 Å². The molecule has 27 heavy (non-hydrogen) atoms. The molecular formula is C20H23BrClN3O2. The van der Waals surface area contributed by atoms with Crippen LogP contribution in [-0.2, 0) is 6.42 Å². The monoisotopic (exact) mass is 451 g/mol. The van der Waals surface area contributed by atoms with E-state index in [0.717, 1.165) is 59.8 Å². The van der Waals surface area contributed by atoms with Gasteiger partial charge in [-0.1, -0.05) is 28.0 Å². The Hall–Kier alpha value is -1.37. The van der Waals surface area contributed by atoms with E-state index in [1.807, 2.05) is 16.7 Å². The van der Waals surface area contributed by atoms with Crippen molar-refractivity contribution >= 4 is 50.9 Å². The molecule has 3 aliphatic rings. The van der Waals surface area contributed by atoms with Gasteiger partial charge >= 0.3 is 0 Å². The zero-order valence-corrected chi connectivity index (χ0v) is 17.6. The van der Waals surface area contributed by atoms with E-state index < -0.39 is 0 Å². The van der Waals surface area contributed by atoms with Crippen molar-refractivity contribution in [2.45, 2.75) is 45.1 Å². The summed E-state index contributed by atoms with van der Waals surface area (Å²) in [6, 6.07) is 6.34. The van der Waals surface area contributed by atoms with Crippen molar-refractivity contribution in [3.8, 4) is 0 Å². The van der Waals surface area contributed by atoms with Crippen molar-refractivity contribution in [2.75, 3.05) is 13.1 Å². The Balaban J connectivity index is 0.00000180. The van der Waals surface area contributed by atoms with Crippen LogP contribution in [0.15, 0.2) is 27.8 Å². The molecule has 0 saturated carbocycles. The number of aromatic nitrogens is 1. The highest BCUT2D eigenvalue weighted by molar-refractivity contribution is 9.10. The molecule has 0 spiro atoms. The third kappa shape index (κ3) is 2.46. The summed E-state index contributed by atoms with van der Waals surface area (Å²) < 4.78 is 2.88. The molecule has 2 atom stereocenters. The van der Waals surface area contributed by atoms with E-state index in [9.17, 15) is 10.0 Å². The molecule has 144 valence electrons. The largest absolute Gasteiger partial charge is 0.410 e. The molecule has 1 saturated heterocycles. The molecule has 0 aliphatic carbocycles. The standard InChI is InChI=1S/C20H22BrN3O2.ClH/c1-2-20-7-3-8-23-9-6-13-14-10-12(21)4-5-16(14)24(17(13)18(20)23)19(25)15(11-20)22-26;/h4-5,10,18,26H,2-3,6-9,11H2,1H3;1H/b22-15-;. The Morgan fingerprint density at radius 2 is 2.19 bits per heavy atom. The Morgan fingerprint density at radius 1 is 1.37 bits per heavy atom. The predicted octanol–water partition coefficient (Wildman–Crippen LogP) is 4.79. The zero-order valence-electron chi connectivity index (χ0n) is 15.2. The van der Waals surface area contributed by atoms with Gasteiger partial charge < -0.3 is 5.21 Å². The van der Waals surface area contributed by atoms with Gasteiger partial charge in [0.05, 0.1) is 11.6 Å². The molecule has 1 aromatic heterocycles. The Bertz CT molecular complexity index is 970. The van der Waals surface area contributed by atoms with Gasteiger partial charge in [0.1, 0.15) is 5.71 Å². The van der Waals surface area contributed by atoms with Crippen LogP contribution in [0.5, 0.6) is 0 Å². The SMILES string of the molecule is CCC12CCCN3CCc4c(n(c5ccc(Br)cc45)C(=O)/C(=N\O)C1)C32.Cl. The highest BCUT2D eigenvalue weighted by Gasteiger charge is 2.52. The first kappa shape index (κ1) is 19.0. The average Bonchev–Trinajstić information content (AvgIpc) is 2.93. The van der Waals surface area contributed by atoms with Crippen LogP contribution in [0, 0.1) is 5.41 Å². The van der Waals surface area contributed by atoms with E-state index in [2.05, 4.69) is 39.0 Å². The molecule has 0 radical (unpaired) electrons. The summed E-state index contributed by atoms with van der Waals surface area (Å²) in [5, 5.41) is 14.3. The van der Waals surface area contributed by atoms with Gasteiger partial charge in [-0.15, -0.1) is 12.4 Å². The smallest absolute Gasteiger partial charge is 0.280 e. The lowest BCUT2D eigenvalue weighted by Crippen LogP contribution is -2.49. The first-order chi connectivity index (χ1) is 12.6. The van der Waals surface area contributed by atoms with Crippen LogP contribution < -0.4 is 0 Å². The van der Waals surface area contributed by atoms with Crippen LogP contribution >= 0.6 is 28.3 Å². The second kappa shape index (κ2) is 6.61. The van der Waals surface area contributed by atoms with Crippen molar-refractivity contribution in [2.24, 2.45) is 10.6 Å². The summed E-state index contributed by atoms with van der Waals surface area (Å²) >= 11 is 3.58. The molecule has 0 bridgehead atoms. The minimum Gasteiger partial charge on any atom is -0.410 e. The Labute approximate surface area is 172 Å². The summed E-state index contributed by atoms with van der Waals surface area (Å²) in [5.41, 5.74) is 3.64. The van der Waals surface area contributed by atoms with Crippen LogP contribution in [0.4, 0.5) is 0 Å². The lowest BCUT2D eigenvalue weighted by Gasteiger charge is -2.51. The van der Waals surface area contributed by atoms with Gasteiger partial charge in [-0.25, -0.2) is 0 Å². The molecule has 3 aliphatic heterocycles. The highest BCUT2D eigenvalue weighted by Crippen LogP contribution is 2.55. The number of hydrogen-bond acceptors (Lipinski definition) is 4. The van der Waals surface area contributed by atoms with Gasteiger partial charge in [-0.3, -0.25) is 14.3 Å². The summed E-state index contributed by atoms with van der Waals surface area (Å²) in [6.45, 7) is 4.33. The number of rotatable bonds is 1. The number of piperidine rings is 1. The van der Waals surface area contributed by atoms with E-state index in [-0.39, 0.29) is 29.8 Å². The molecule has 2 unspecified atom stereocenters. The minimum atomic E-state index is -0.162. The summed E-state index contributed by atoms with van der Waals surface area (Å²) in [6.07, 6.45) is 4.70. The van der Waals surface area contributed by atoms with Gasteiger partial charge in [0, 0.05) is 28.5 Å². The molecule has 2 aromatic rings. The first-order valence-electron chi connectivity index (χ1n) is 9.42. The third-order valence-electron chi connectivity index (χ3n) is 6.84. The normalized spacial score (nSPS) is 28.7. The fourth-order valence-corrected chi connectivity index (χ4v) is 6.02. The fourth-order valence-electron chi connectivity index (χ4n) is 5.66. The molecule has 7 heteroatoms. The van der Waals surface area contributed by atoms with Gasteiger partial charge in [0.2, 0.25) is 0 Å². The van der Waals surface area contributed by atoms with Crippen molar-refractivity contribution in [3.63, 3.8) is 0 Å². The summed E-state index contributed by atoms with van der Waals surface area (Å²) in [7, 11) is 0. The van der Waals surface area contributed by atoms with E-state index in [1.165, 1.54) is 5.56 Å². The number of halogens is 2. The minimum absolute atomic E-state index is 0. The topological polar surface area (TPSA) is 57.8 Å². The Morgan fingerprint density at radius 3 is 2.93 bits per heavy atom. The number of carbonyl (C=O) groups excluding carboxylic acids is 1. The predicted molar refractivity (Wildman–Crippen MR) is 111 cm³/mol. The van der Waals surface area contributed by atoms with Crippen molar-refractivity contribution in [1.29, 1.82) is 0 Å². The highest BCUT2D eigenvalue weighted by atomic mass is 79.9. The van der Waals surface area contributed by atoms with Gasteiger partial charge in [-0.05, 0) is 61.4 Å². The number of nitrogens with zero attached hydrogens (tertiary/aromatic N) is 3. The van der Waals surface area contributed by atoms with Crippen molar-refractivity contribution in [1.82, 2.24) is 9.47 Å². The van der Waals surface area contributed by atoms with E-state index in [0.29, 0.717) is 12.1 Å². The maximum atomic E-state index is 13.4. The summed E-state index contributed by atoms with van der Waals surface area (Å²) in [5.74, 6) is -0.162. The van der Waals surface area contributed by atoms with Gasteiger partial charge in [-0.2, -0.15) is 0 Å². The number of carbonyl (C=O) groups is 1. The molecule has 4 heterocycles. The second-order valence-electron chi connectivity index (χ2n) is 7.90. The first-order valence-corrected chi connectivity index (χ1v) is 10.2.